The highest BCUT2D eigenvalue weighted by molar-refractivity contribution is 7.79. The summed E-state index contributed by atoms with van der Waals surface area (Å²) in [5, 5.41) is 0. The van der Waals surface area contributed by atoms with Gasteiger partial charge in [-0.05, 0) is 12.3 Å². The van der Waals surface area contributed by atoms with Crippen molar-refractivity contribution in [2.75, 3.05) is 5.75 Å². The lowest BCUT2D eigenvalue weighted by Crippen LogP contribution is -2.01. The molecule has 2 nitrogen and oxygen atoms in total. The van der Waals surface area contributed by atoms with Crippen LogP contribution < -0.4 is 0 Å². The summed E-state index contributed by atoms with van der Waals surface area (Å²) in [5.74, 6) is 1.22. The second kappa shape index (κ2) is 4.09. The predicted octanol–water partition coefficient (Wildman–Crippen LogP) is 1.79. The highest BCUT2D eigenvalue weighted by atomic mass is 32.2. The van der Waals surface area contributed by atoms with E-state index in [1.54, 1.807) is 0 Å². The van der Waals surface area contributed by atoms with E-state index < -0.39 is 11.1 Å². The molecule has 1 rings (SSSR count). The largest absolute Gasteiger partial charge is 0.306 e. The Labute approximate surface area is 64.3 Å². The van der Waals surface area contributed by atoms with Crippen LogP contribution in [0.5, 0.6) is 0 Å². The molecule has 1 aliphatic carbocycles. The zero-order chi connectivity index (χ0) is 7.40. The van der Waals surface area contributed by atoms with Crippen LogP contribution in [0.15, 0.2) is 0 Å². The minimum atomic E-state index is -1.56. The topological polar surface area (TPSA) is 37.3 Å². The average Bonchev–Trinajstić information content (AvgIpc) is 2.34. The van der Waals surface area contributed by atoms with Gasteiger partial charge in [-0.15, -0.1) is 0 Å². The standard InChI is InChI=1S/C7H14O2S/c8-10(9)6-5-7-3-1-2-4-7/h7H,1-6H2,(H,8,9). The van der Waals surface area contributed by atoms with Gasteiger partial charge in [0.25, 0.3) is 0 Å². The van der Waals surface area contributed by atoms with Gasteiger partial charge in [0.15, 0.2) is 11.1 Å². The Morgan fingerprint density at radius 2 is 2.00 bits per heavy atom. The maximum atomic E-state index is 10.3. The molecule has 0 heterocycles. The van der Waals surface area contributed by atoms with Gasteiger partial charge in [0.1, 0.15) is 0 Å². The molecule has 1 N–H and O–H groups in total. The molecule has 10 heavy (non-hydrogen) atoms. The van der Waals surface area contributed by atoms with Crippen molar-refractivity contribution in [1.82, 2.24) is 0 Å². The van der Waals surface area contributed by atoms with Crippen LogP contribution in [0.3, 0.4) is 0 Å². The van der Waals surface area contributed by atoms with E-state index in [9.17, 15) is 4.21 Å². The molecule has 0 bridgehead atoms. The normalized spacial score (nSPS) is 23.3. The minimum absolute atomic E-state index is 0.477. The molecular weight excluding hydrogens is 148 g/mol. The second-order valence-corrected chi connectivity index (χ2v) is 4.02. The van der Waals surface area contributed by atoms with Crippen molar-refractivity contribution in [3.63, 3.8) is 0 Å². The lowest BCUT2D eigenvalue weighted by atomic mass is 10.1. The molecule has 1 unspecified atom stereocenters. The van der Waals surface area contributed by atoms with Gasteiger partial charge in [-0.1, -0.05) is 25.7 Å². The first kappa shape index (κ1) is 8.21. The quantitative estimate of drug-likeness (QED) is 0.642. The summed E-state index contributed by atoms with van der Waals surface area (Å²) in [6, 6.07) is 0. The van der Waals surface area contributed by atoms with Gasteiger partial charge >= 0.3 is 0 Å². The Balaban J connectivity index is 2.07. The van der Waals surface area contributed by atoms with Crippen LogP contribution in [0.1, 0.15) is 32.1 Å². The van der Waals surface area contributed by atoms with Crippen LogP contribution in [-0.4, -0.2) is 14.5 Å². The van der Waals surface area contributed by atoms with Crippen molar-refractivity contribution in [3.05, 3.63) is 0 Å². The Morgan fingerprint density at radius 1 is 1.40 bits per heavy atom. The van der Waals surface area contributed by atoms with E-state index in [1.807, 2.05) is 0 Å². The van der Waals surface area contributed by atoms with Gasteiger partial charge in [0.2, 0.25) is 0 Å². The maximum absolute atomic E-state index is 10.3. The Morgan fingerprint density at radius 3 is 2.50 bits per heavy atom. The SMILES string of the molecule is O=S(O)CCC1CCCC1. The van der Waals surface area contributed by atoms with Gasteiger partial charge in [0.05, 0.1) is 0 Å². The molecule has 0 amide bonds. The molecule has 0 radical (unpaired) electrons. The van der Waals surface area contributed by atoms with Crippen LogP contribution >= 0.6 is 0 Å². The summed E-state index contributed by atoms with van der Waals surface area (Å²) in [5.41, 5.74) is 0. The molecule has 3 heteroatoms. The van der Waals surface area contributed by atoms with Crippen molar-refractivity contribution in [3.8, 4) is 0 Å². The first-order valence-corrected chi connectivity index (χ1v) is 5.14. The molecule has 0 saturated heterocycles. The molecular formula is C7H14O2S. The van der Waals surface area contributed by atoms with Crippen molar-refractivity contribution in [2.45, 2.75) is 32.1 Å². The van der Waals surface area contributed by atoms with Crippen molar-refractivity contribution >= 4 is 11.1 Å². The number of hydrogen-bond donors (Lipinski definition) is 1. The minimum Gasteiger partial charge on any atom is -0.306 e. The highest BCUT2D eigenvalue weighted by Crippen LogP contribution is 2.27. The molecule has 1 saturated carbocycles. The molecule has 1 atom stereocenters. The van der Waals surface area contributed by atoms with E-state index in [0.717, 1.165) is 12.3 Å². The third kappa shape index (κ3) is 2.80. The molecule has 1 fully saturated rings. The predicted molar refractivity (Wildman–Crippen MR) is 42.2 cm³/mol. The Hall–Kier alpha value is 0.110. The third-order valence-corrected chi connectivity index (χ3v) is 2.76. The summed E-state index contributed by atoms with van der Waals surface area (Å²) in [7, 11) is 0. The van der Waals surface area contributed by atoms with Crippen LogP contribution in [0, 0.1) is 5.92 Å². The summed E-state index contributed by atoms with van der Waals surface area (Å²) < 4.78 is 18.8. The fraction of sp³-hybridized carbons (Fsp3) is 1.00. The van der Waals surface area contributed by atoms with Crippen LogP contribution in [0.4, 0.5) is 0 Å². The number of hydrogen-bond acceptors (Lipinski definition) is 1. The second-order valence-electron chi connectivity index (χ2n) is 2.96. The van der Waals surface area contributed by atoms with Crippen molar-refractivity contribution < 1.29 is 8.76 Å². The summed E-state index contributed by atoms with van der Waals surface area (Å²) >= 11 is -1.56. The van der Waals surface area contributed by atoms with Crippen molar-refractivity contribution in [2.24, 2.45) is 5.92 Å². The smallest absolute Gasteiger partial charge is 0.152 e. The van der Waals surface area contributed by atoms with Crippen LogP contribution in [0.2, 0.25) is 0 Å². The van der Waals surface area contributed by atoms with Gasteiger partial charge in [-0.2, -0.15) is 0 Å². The molecule has 0 aromatic rings. The van der Waals surface area contributed by atoms with Gasteiger partial charge in [-0.3, -0.25) is 0 Å². The van der Waals surface area contributed by atoms with E-state index in [-0.39, 0.29) is 0 Å². The monoisotopic (exact) mass is 162 g/mol. The summed E-state index contributed by atoms with van der Waals surface area (Å²) in [6.45, 7) is 0. The van der Waals surface area contributed by atoms with Crippen molar-refractivity contribution in [1.29, 1.82) is 0 Å². The fourth-order valence-corrected chi connectivity index (χ4v) is 2.10. The molecule has 0 aromatic carbocycles. The Kier molecular flexibility index (Phi) is 3.35. The van der Waals surface area contributed by atoms with Gasteiger partial charge in [0, 0.05) is 5.75 Å². The fourth-order valence-electron chi connectivity index (χ4n) is 1.57. The average molecular weight is 162 g/mol. The molecule has 0 aromatic heterocycles. The van der Waals surface area contributed by atoms with Crippen LogP contribution in [-0.2, 0) is 11.1 Å². The first-order valence-electron chi connectivity index (χ1n) is 3.86. The summed E-state index contributed by atoms with van der Waals surface area (Å²) in [6.07, 6.45) is 6.14. The molecule has 60 valence electrons. The Bertz CT molecular complexity index is 119. The molecule has 0 aliphatic heterocycles. The van der Waals surface area contributed by atoms with E-state index in [2.05, 4.69) is 0 Å². The lowest BCUT2D eigenvalue weighted by molar-refractivity contribution is 0.512. The van der Waals surface area contributed by atoms with E-state index >= 15 is 0 Å². The van der Waals surface area contributed by atoms with E-state index in [0.29, 0.717) is 5.75 Å². The zero-order valence-corrected chi connectivity index (χ0v) is 6.90. The zero-order valence-electron chi connectivity index (χ0n) is 6.08. The third-order valence-electron chi connectivity index (χ3n) is 2.18. The number of rotatable bonds is 3. The first-order chi connectivity index (χ1) is 4.79. The van der Waals surface area contributed by atoms with Crippen LogP contribution in [0.25, 0.3) is 0 Å². The molecule has 1 aliphatic rings. The molecule has 0 spiro atoms. The summed E-state index contributed by atoms with van der Waals surface area (Å²) in [4.78, 5) is 0. The lowest BCUT2D eigenvalue weighted by Gasteiger charge is -2.04. The van der Waals surface area contributed by atoms with Gasteiger partial charge in [-0.25, -0.2) is 4.21 Å². The van der Waals surface area contributed by atoms with E-state index in [4.69, 9.17) is 4.55 Å². The van der Waals surface area contributed by atoms with Gasteiger partial charge < -0.3 is 4.55 Å². The van der Waals surface area contributed by atoms with E-state index in [1.165, 1.54) is 25.7 Å². The highest BCUT2D eigenvalue weighted by Gasteiger charge is 2.14. The maximum Gasteiger partial charge on any atom is 0.152 e.